The van der Waals surface area contributed by atoms with E-state index in [9.17, 15) is 0 Å². The van der Waals surface area contributed by atoms with Crippen LogP contribution in [0.2, 0.25) is 0 Å². The van der Waals surface area contributed by atoms with Gasteiger partial charge in [0, 0.05) is 26.4 Å². The maximum Gasteiger partial charge on any atom is 0.206 e. The summed E-state index contributed by atoms with van der Waals surface area (Å²) in [4.78, 5) is 4.51. The third-order valence-corrected chi connectivity index (χ3v) is 2.44. The number of nitrogens with two attached hydrogens (primary N) is 1. The Hall–Kier alpha value is -0.850. The molecule has 0 aromatic heterocycles. The van der Waals surface area contributed by atoms with Gasteiger partial charge in [0.2, 0.25) is 5.96 Å². The predicted octanol–water partition coefficient (Wildman–Crippen LogP) is -0.391. The van der Waals surface area contributed by atoms with Crippen LogP contribution in [-0.4, -0.2) is 45.0 Å². The lowest BCUT2D eigenvalue weighted by Gasteiger charge is -2.21. The molecule has 1 saturated heterocycles. The smallest absolute Gasteiger partial charge is 0.206 e. The topological polar surface area (TPSA) is 80.9 Å². The molecule has 16 heavy (non-hydrogen) atoms. The molecule has 0 amide bonds. The predicted molar refractivity (Wildman–Crippen MR) is 63.1 cm³/mol. The normalized spacial score (nSPS) is 20.6. The SMILES string of the molecule is COCC(C)NC(=NC1CCOCC1)NN. The van der Waals surface area contributed by atoms with Crippen LogP contribution in [0.1, 0.15) is 19.8 Å². The van der Waals surface area contributed by atoms with Crippen molar-refractivity contribution in [3.63, 3.8) is 0 Å². The first-order chi connectivity index (χ1) is 7.76. The maximum atomic E-state index is 5.42. The lowest BCUT2D eigenvalue weighted by Crippen LogP contribution is -2.47. The van der Waals surface area contributed by atoms with E-state index in [1.54, 1.807) is 7.11 Å². The van der Waals surface area contributed by atoms with E-state index in [0.717, 1.165) is 26.1 Å². The fourth-order valence-corrected chi connectivity index (χ4v) is 1.64. The maximum absolute atomic E-state index is 5.42. The zero-order chi connectivity index (χ0) is 11.8. The summed E-state index contributed by atoms with van der Waals surface area (Å²) in [6.07, 6.45) is 1.90. The number of guanidine groups is 1. The van der Waals surface area contributed by atoms with E-state index in [2.05, 4.69) is 15.7 Å². The molecule has 0 radical (unpaired) electrons. The Kier molecular flexibility index (Phi) is 6.14. The minimum atomic E-state index is 0.180. The van der Waals surface area contributed by atoms with E-state index in [1.807, 2.05) is 6.92 Å². The van der Waals surface area contributed by atoms with E-state index in [1.165, 1.54) is 0 Å². The van der Waals surface area contributed by atoms with Gasteiger partial charge in [-0.05, 0) is 19.8 Å². The zero-order valence-electron chi connectivity index (χ0n) is 10.0. The first-order valence-electron chi connectivity index (χ1n) is 5.64. The summed E-state index contributed by atoms with van der Waals surface area (Å²) in [6.45, 7) is 4.19. The number of hydrogen-bond donors (Lipinski definition) is 3. The third kappa shape index (κ3) is 4.78. The number of hydrazine groups is 1. The van der Waals surface area contributed by atoms with Gasteiger partial charge in [0.1, 0.15) is 0 Å². The molecule has 0 bridgehead atoms. The number of aliphatic imine (C=N–C) groups is 1. The van der Waals surface area contributed by atoms with E-state index >= 15 is 0 Å². The Morgan fingerprint density at radius 1 is 1.56 bits per heavy atom. The van der Waals surface area contributed by atoms with Gasteiger partial charge in [-0.25, -0.2) is 10.8 Å². The van der Waals surface area contributed by atoms with Crippen LogP contribution in [0.3, 0.4) is 0 Å². The minimum absolute atomic E-state index is 0.180. The largest absolute Gasteiger partial charge is 0.383 e. The monoisotopic (exact) mass is 230 g/mol. The number of hydrogen-bond acceptors (Lipinski definition) is 4. The first-order valence-corrected chi connectivity index (χ1v) is 5.64. The number of methoxy groups -OCH3 is 1. The number of nitrogens with one attached hydrogen (secondary N) is 2. The Labute approximate surface area is 96.6 Å². The van der Waals surface area contributed by atoms with Crippen LogP contribution >= 0.6 is 0 Å². The van der Waals surface area contributed by atoms with E-state index in [-0.39, 0.29) is 6.04 Å². The lowest BCUT2D eigenvalue weighted by molar-refractivity contribution is 0.0869. The van der Waals surface area contributed by atoms with Crippen LogP contribution in [0.5, 0.6) is 0 Å². The molecule has 1 fully saturated rings. The minimum Gasteiger partial charge on any atom is -0.383 e. The van der Waals surface area contributed by atoms with Crippen molar-refractivity contribution in [3.8, 4) is 0 Å². The molecule has 6 heteroatoms. The zero-order valence-corrected chi connectivity index (χ0v) is 10.0. The molecule has 0 aromatic carbocycles. The van der Waals surface area contributed by atoms with Gasteiger partial charge >= 0.3 is 0 Å². The highest BCUT2D eigenvalue weighted by Gasteiger charge is 2.14. The molecule has 4 N–H and O–H groups in total. The summed E-state index contributed by atoms with van der Waals surface area (Å²) < 4.78 is 10.3. The molecule has 1 unspecified atom stereocenters. The second-order valence-corrected chi connectivity index (χ2v) is 3.97. The van der Waals surface area contributed by atoms with E-state index < -0.39 is 0 Å². The van der Waals surface area contributed by atoms with Crippen molar-refractivity contribution >= 4 is 5.96 Å². The van der Waals surface area contributed by atoms with Gasteiger partial charge in [-0.3, -0.25) is 5.43 Å². The molecule has 1 aliphatic heterocycles. The van der Waals surface area contributed by atoms with Gasteiger partial charge < -0.3 is 14.8 Å². The highest BCUT2D eigenvalue weighted by atomic mass is 16.5. The molecule has 0 saturated carbocycles. The van der Waals surface area contributed by atoms with Crippen LogP contribution in [0.25, 0.3) is 0 Å². The molecule has 1 aliphatic rings. The van der Waals surface area contributed by atoms with Crippen LogP contribution < -0.4 is 16.6 Å². The Balaban J connectivity index is 2.41. The van der Waals surface area contributed by atoms with Gasteiger partial charge in [0.05, 0.1) is 12.6 Å². The van der Waals surface area contributed by atoms with Crippen molar-refractivity contribution in [2.75, 3.05) is 26.9 Å². The van der Waals surface area contributed by atoms with Crippen LogP contribution in [0, 0.1) is 0 Å². The van der Waals surface area contributed by atoms with E-state index in [4.69, 9.17) is 15.3 Å². The number of ether oxygens (including phenoxy) is 2. The molecule has 0 aromatic rings. The van der Waals surface area contributed by atoms with Crippen molar-refractivity contribution in [2.24, 2.45) is 10.8 Å². The van der Waals surface area contributed by atoms with E-state index in [0.29, 0.717) is 18.6 Å². The summed E-state index contributed by atoms with van der Waals surface area (Å²) in [6, 6.07) is 0.474. The van der Waals surface area contributed by atoms with Gasteiger partial charge in [-0.15, -0.1) is 0 Å². The Morgan fingerprint density at radius 2 is 2.25 bits per heavy atom. The Bertz CT molecular complexity index is 217. The standard InChI is InChI=1S/C10H22N4O2/c1-8(7-15-2)12-10(14-11)13-9-3-5-16-6-4-9/h8-9H,3-7,11H2,1-2H3,(H2,12,13,14). The van der Waals surface area contributed by atoms with Gasteiger partial charge in [-0.2, -0.15) is 0 Å². The fourth-order valence-electron chi connectivity index (χ4n) is 1.64. The number of nitrogens with zero attached hydrogens (tertiary/aromatic N) is 1. The van der Waals surface area contributed by atoms with Gasteiger partial charge in [0.15, 0.2) is 0 Å². The summed E-state index contributed by atoms with van der Waals surface area (Å²) in [5.74, 6) is 6.04. The summed E-state index contributed by atoms with van der Waals surface area (Å²) >= 11 is 0. The molecule has 1 atom stereocenters. The molecular formula is C10H22N4O2. The van der Waals surface area contributed by atoms with Crippen molar-refractivity contribution in [3.05, 3.63) is 0 Å². The molecule has 0 aliphatic carbocycles. The second kappa shape index (κ2) is 7.43. The fraction of sp³-hybridized carbons (Fsp3) is 0.900. The highest BCUT2D eigenvalue weighted by molar-refractivity contribution is 5.79. The molecule has 1 rings (SSSR count). The third-order valence-electron chi connectivity index (χ3n) is 2.44. The molecular weight excluding hydrogens is 208 g/mol. The summed E-state index contributed by atoms with van der Waals surface area (Å²) in [5, 5.41) is 3.16. The van der Waals surface area contributed by atoms with Crippen molar-refractivity contribution in [1.29, 1.82) is 0 Å². The number of rotatable bonds is 4. The lowest BCUT2D eigenvalue weighted by atomic mass is 10.1. The molecule has 0 spiro atoms. The van der Waals surface area contributed by atoms with Gasteiger partial charge in [-0.1, -0.05) is 0 Å². The van der Waals surface area contributed by atoms with Crippen LogP contribution in [-0.2, 0) is 9.47 Å². The van der Waals surface area contributed by atoms with Crippen LogP contribution in [0.15, 0.2) is 4.99 Å². The molecule has 6 nitrogen and oxygen atoms in total. The highest BCUT2D eigenvalue weighted by Crippen LogP contribution is 2.09. The van der Waals surface area contributed by atoms with Gasteiger partial charge in [0.25, 0.3) is 0 Å². The first kappa shape index (κ1) is 13.2. The quantitative estimate of drug-likeness (QED) is 0.265. The summed E-state index contributed by atoms with van der Waals surface area (Å²) in [5.41, 5.74) is 2.58. The van der Waals surface area contributed by atoms with Crippen molar-refractivity contribution in [2.45, 2.75) is 31.8 Å². The average molecular weight is 230 g/mol. The summed E-state index contributed by atoms with van der Waals surface area (Å²) in [7, 11) is 1.67. The molecule has 94 valence electrons. The van der Waals surface area contributed by atoms with Crippen LogP contribution in [0.4, 0.5) is 0 Å². The average Bonchev–Trinajstić information content (AvgIpc) is 2.30. The second-order valence-electron chi connectivity index (χ2n) is 3.97. The molecule has 1 heterocycles. The van der Waals surface area contributed by atoms with Crippen molar-refractivity contribution in [1.82, 2.24) is 10.7 Å². The van der Waals surface area contributed by atoms with Crippen molar-refractivity contribution < 1.29 is 9.47 Å². The Morgan fingerprint density at radius 3 is 2.81 bits per heavy atom.